The monoisotopic (exact) mass is 401 g/mol. The number of pyridine rings is 1. The fourth-order valence-electron chi connectivity index (χ4n) is 3.58. The molecule has 0 spiro atoms. The van der Waals surface area contributed by atoms with Crippen molar-refractivity contribution in [2.45, 2.75) is 58.6 Å². The molecule has 1 aromatic heterocycles. The van der Waals surface area contributed by atoms with E-state index in [1.54, 1.807) is 0 Å². The molecule has 1 aliphatic rings. The van der Waals surface area contributed by atoms with Gasteiger partial charge in [0.1, 0.15) is 0 Å². The Morgan fingerprint density at radius 1 is 1.36 bits per heavy atom. The van der Waals surface area contributed by atoms with E-state index in [1.807, 2.05) is 12.1 Å². The minimum Gasteiger partial charge on any atom is -0.376 e. The van der Waals surface area contributed by atoms with E-state index < -0.39 is 0 Å². The molecule has 0 bridgehead atoms. The van der Waals surface area contributed by atoms with E-state index in [2.05, 4.69) is 41.2 Å². The maximum Gasteiger partial charge on any atom is 0.253 e. The SMILES string of the molecule is CCCCNC(=S)N(Cc1cc2cc(CC)ccc2[nH]c1=O)CC1CCCO1. The van der Waals surface area contributed by atoms with Crippen LogP contribution in [0.5, 0.6) is 0 Å². The van der Waals surface area contributed by atoms with E-state index in [4.69, 9.17) is 17.0 Å². The van der Waals surface area contributed by atoms with Crippen molar-refractivity contribution >= 4 is 28.2 Å². The van der Waals surface area contributed by atoms with Gasteiger partial charge < -0.3 is 19.9 Å². The Bertz CT molecular complexity index is 858. The largest absolute Gasteiger partial charge is 0.376 e. The van der Waals surface area contributed by atoms with E-state index in [-0.39, 0.29) is 11.7 Å². The molecule has 3 rings (SSSR count). The highest BCUT2D eigenvalue weighted by molar-refractivity contribution is 7.80. The van der Waals surface area contributed by atoms with Crippen LogP contribution in [0.15, 0.2) is 29.1 Å². The Morgan fingerprint density at radius 2 is 2.21 bits per heavy atom. The highest BCUT2D eigenvalue weighted by atomic mass is 32.1. The molecule has 6 heteroatoms. The Hall–Kier alpha value is -1.92. The minimum atomic E-state index is -0.0505. The lowest BCUT2D eigenvalue weighted by Gasteiger charge is -2.28. The molecule has 28 heavy (non-hydrogen) atoms. The number of rotatable bonds is 8. The van der Waals surface area contributed by atoms with Crippen LogP contribution in [-0.4, -0.2) is 40.8 Å². The maximum absolute atomic E-state index is 12.7. The van der Waals surface area contributed by atoms with Gasteiger partial charge in [-0.05, 0) is 67.0 Å². The van der Waals surface area contributed by atoms with Crippen LogP contribution in [0.4, 0.5) is 0 Å². The maximum atomic E-state index is 12.7. The molecule has 1 fully saturated rings. The molecule has 0 aliphatic carbocycles. The van der Waals surface area contributed by atoms with Gasteiger partial charge in [-0.15, -0.1) is 0 Å². The first kappa shape index (κ1) is 20.8. The lowest BCUT2D eigenvalue weighted by molar-refractivity contribution is 0.0897. The first-order chi connectivity index (χ1) is 13.6. The smallest absolute Gasteiger partial charge is 0.253 e. The molecule has 1 saturated heterocycles. The Balaban J connectivity index is 1.82. The molecule has 2 aromatic rings. The number of thiocarbonyl (C=S) groups is 1. The second-order valence-electron chi connectivity index (χ2n) is 7.50. The van der Waals surface area contributed by atoms with Crippen molar-refractivity contribution in [1.82, 2.24) is 15.2 Å². The minimum absolute atomic E-state index is 0.0505. The van der Waals surface area contributed by atoms with Crippen LogP contribution in [0.1, 0.15) is 50.7 Å². The van der Waals surface area contributed by atoms with Crippen molar-refractivity contribution in [2.24, 2.45) is 0 Å². The molecule has 1 aromatic carbocycles. The van der Waals surface area contributed by atoms with Gasteiger partial charge in [0.2, 0.25) is 0 Å². The van der Waals surface area contributed by atoms with Crippen molar-refractivity contribution in [2.75, 3.05) is 19.7 Å². The first-order valence-corrected chi connectivity index (χ1v) is 10.8. The molecule has 1 aliphatic heterocycles. The van der Waals surface area contributed by atoms with Gasteiger partial charge >= 0.3 is 0 Å². The lowest BCUT2D eigenvalue weighted by Crippen LogP contribution is -2.44. The van der Waals surface area contributed by atoms with E-state index in [0.29, 0.717) is 18.2 Å². The van der Waals surface area contributed by atoms with Crippen molar-refractivity contribution in [3.8, 4) is 0 Å². The second-order valence-corrected chi connectivity index (χ2v) is 7.89. The number of benzene rings is 1. The topological polar surface area (TPSA) is 57.4 Å². The normalized spacial score (nSPS) is 16.4. The number of fused-ring (bicyclic) bond motifs is 1. The summed E-state index contributed by atoms with van der Waals surface area (Å²) in [5.41, 5.74) is 2.82. The highest BCUT2D eigenvalue weighted by Gasteiger charge is 2.22. The van der Waals surface area contributed by atoms with Crippen LogP contribution in [-0.2, 0) is 17.7 Å². The fourth-order valence-corrected chi connectivity index (χ4v) is 3.82. The Kier molecular flexibility index (Phi) is 7.45. The zero-order valence-electron chi connectivity index (χ0n) is 16.9. The lowest BCUT2D eigenvalue weighted by atomic mass is 10.1. The van der Waals surface area contributed by atoms with Gasteiger partial charge in [-0.2, -0.15) is 0 Å². The van der Waals surface area contributed by atoms with E-state index in [1.165, 1.54) is 5.56 Å². The molecule has 0 saturated carbocycles. The van der Waals surface area contributed by atoms with Gasteiger partial charge in [0.25, 0.3) is 5.56 Å². The van der Waals surface area contributed by atoms with Crippen molar-refractivity contribution in [3.63, 3.8) is 0 Å². The summed E-state index contributed by atoms with van der Waals surface area (Å²) in [4.78, 5) is 17.8. The van der Waals surface area contributed by atoms with E-state index in [0.717, 1.165) is 61.7 Å². The quantitative estimate of drug-likeness (QED) is 0.521. The number of unbranched alkanes of at least 4 members (excludes halogenated alkanes) is 1. The molecule has 1 unspecified atom stereocenters. The predicted octanol–water partition coefficient (Wildman–Crippen LogP) is 3.75. The average Bonchev–Trinajstić information content (AvgIpc) is 3.21. The van der Waals surface area contributed by atoms with Crippen molar-refractivity contribution in [1.29, 1.82) is 0 Å². The van der Waals surface area contributed by atoms with Crippen LogP contribution < -0.4 is 10.9 Å². The van der Waals surface area contributed by atoms with Crippen molar-refractivity contribution in [3.05, 3.63) is 45.7 Å². The van der Waals surface area contributed by atoms with E-state index >= 15 is 0 Å². The number of aromatic nitrogens is 1. The molecule has 152 valence electrons. The Labute approximate surface area is 172 Å². The zero-order valence-corrected chi connectivity index (χ0v) is 17.7. The third kappa shape index (κ3) is 5.32. The second kappa shape index (κ2) is 10.0. The molecule has 5 nitrogen and oxygen atoms in total. The molecule has 0 amide bonds. The molecule has 2 N–H and O–H groups in total. The van der Waals surface area contributed by atoms with Crippen LogP contribution in [0.2, 0.25) is 0 Å². The molecular formula is C22H31N3O2S. The summed E-state index contributed by atoms with van der Waals surface area (Å²) in [6, 6.07) is 8.20. The third-order valence-electron chi connectivity index (χ3n) is 5.30. The third-order valence-corrected chi connectivity index (χ3v) is 5.70. The Morgan fingerprint density at radius 3 is 2.93 bits per heavy atom. The first-order valence-electron chi connectivity index (χ1n) is 10.4. The van der Waals surface area contributed by atoms with Gasteiger partial charge in [-0.3, -0.25) is 4.79 Å². The number of H-pyrrole nitrogens is 1. The van der Waals surface area contributed by atoms with Crippen LogP contribution in [0.3, 0.4) is 0 Å². The van der Waals surface area contributed by atoms with Crippen molar-refractivity contribution < 1.29 is 4.74 Å². The summed E-state index contributed by atoms with van der Waals surface area (Å²) >= 11 is 5.65. The summed E-state index contributed by atoms with van der Waals surface area (Å²) in [5.74, 6) is 0. The average molecular weight is 402 g/mol. The number of ether oxygens (including phenoxy) is 1. The summed E-state index contributed by atoms with van der Waals surface area (Å²) in [6.07, 6.45) is 5.47. The van der Waals surface area contributed by atoms with Gasteiger partial charge in [0.15, 0.2) is 5.11 Å². The van der Waals surface area contributed by atoms with Crippen LogP contribution in [0.25, 0.3) is 10.9 Å². The summed E-state index contributed by atoms with van der Waals surface area (Å²) < 4.78 is 5.81. The molecule has 2 heterocycles. The number of aryl methyl sites for hydroxylation is 1. The summed E-state index contributed by atoms with van der Waals surface area (Å²) in [5, 5.41) is 5.11. The van der Waals surface area contributed by atoms with Gasteiger partial charge in [-0.25, -0.2) is 0 Å². The predicted molar refractivity (Wildman–Crippen MR) is 119 cm³/mol. The molecule has 1 atom stereocenters. The number of hydrogen-bond acceptors (Lipinski definition) is 3. The number of nitrogens with zero attached hydrogens (tertiary/aromatic N) is 1. The molecular weight excluding hydrogens is 370 g/mol. The van der Waals surface area contributed by atoms with Gasteiger partial charge in [0.05, 0.1) is 12.6 Å². The molecule has 0 radical (unpaired) electrons. The van der Waals surface area contributed by atoms with Crippen LogP contribution in [0, 0.1) is 0 Å². The van der Waals surface area contributed by atoms with Gasteiger partial charge in [-0.1, -0.05) is 26.3 Å². The van der Waals surface area contributed by atoms with Gasteiger partial charge in [0, 0.05) is 30.8 Å². The summed E-state index contributed by atoms with van der Waals surface area (Å²) in [7, 11) is 0. The number of nitrogens with one attached hydrogen (secondary N) is 2. The standard InChI is InChI=1S/C22H31N3O2S/c1-3-5-10-23-22(28)25(15-19-7-6-11-27-19)14-18-13-17-12-16(4-2)8-9-20(17)24-21(18)26/h8-9,12-13,19H,3-7,10-11,14-15H2,1-2H3,(H,23,28)(H,24,26). The highest BCUT2D eigenvalue weighted by Crippen LogP contribution is 2.17. The zero-order chi connectivity index (χ0) is 19.9. The number of hydrogen-bond donors (Lipinski definition) is 2. The van der Waals surface area contributed by atoms with E-state index in [9.17, 15) is 4.79 Å². The summed E-state index contributed by atoms with van der Waals surface area (Å²) in [6.45, 7) is 7.16. The van der Waals surface area contributed by atoms with Crippen LogP contribution >= 0.6 is 12.2 Å². The fraction of sp³-hybridized carbons (Fsp3) is 0.545. The number of aromatic amines is 1.